The van der Waals surface area contributed by atoms with E-state index in [1.54, 1.807) is 11.6 Å². The average Bonchev–Trinajstić information content (AvgIpc) is 3.28. The fourth-order valence-corrected chi connectivity index (χ4v) is 16.9. The van der Waals surface area contributed by atoms with Crippen LogP contribution in [0.15, 0.2) is 195 Å². The monoisotopic (exact) mass is 849 g/mol. The Hall–Kier alpha value is -6.28. The van der Waals surface area contributed by atoms with Gasteiger partial charge in [0.25, 0.3) is 0 Å². The summed E-state index contributed by atoms with van der Waals surface area (Å²) in [5.41, 5.74) is 2.81. The van der Waals surface area contributed by atoms with Crippen molar-refractivity contribution in [3.05, 3.63) is 211 Å². The number of benzene rings is 6. The van der Waals surface area contributed by atoms with E-state index in [2.05, 4.69) is 43.0 Å². The Morgan fingerprint density at radius 2 is 1.00 bits per heavy atom. The summed E-state index contributed by atoms with van der Waals surface area (Å²) < 4.78 is 19.8. The Kier molecular flexibility index (Phi) is 12.7. The van der Waals surface area contributed by atoms with Gasteiger partial charge in [0, 0.05) is 0 Å². The fraction of sp³-hybridized carbons (Fsp3) is 0.176. The van der Waals surface area contributed by atoms with Crippen LogP contribution in [-0.2, 0) is 37.9 Å². The van der Waals surface area contributed by atoms with Crippen LogP contribution in [0.25, 0.3) is 0 Å². The summed E-state index contributed by atoms with van der Waals surface area (Å²) in [6.07, 6.45) is -0.826. The Balaban J connectivity index is 1.64. The standard InChI is InChI=1S/C51H48NO7PS/c1-5-24-46(58-39(4)54)50(56)59-60(43-31-18-9-19-32-43,44-33-20-10-21-34-44,45-35-22-11-23-36-45)52-48(55)47(37(2)57-38(3)53)49(52)61-51(40-25-12-6-13-26-40,41-27-14-7-15-28-41)42-29-16-8-17-30-42/h5-23,25-37,46-47,49H,1,24H2,2-4H3. The van der Waals surface area contributed by atoms with Gasteiger partial charge in [0.1, 0.15) is 0 Å². The summed E-state index contributed by atoms with van der Waals surface area (Å²) in [6.45, 7) is 2.98. The molecule has 1 saturated heterocycles. The summed E-state index contributed by atoms with van der Waals surface area (Å²) >= 11 is 1.53. The molecule has 0 aromatic heterocycles. The van der Waals surface area contributed by atoms with Crippen LogP contribution in [0.1, 0.15) is 43.9 Å². The third kappa shape index (κ3) is 7.58. The van der Waals surface area contributed by atoms with Gasteiger partial charge in [0.15, 0.2) is 0 Å². The molecule has 1 heterocycles. The molecule has 6 aromatic rings. The number of esters is 2. The quantitative estimate of drug-likeness (QED) is 0.0314. The summed E-state index contributed by atoms with van der Waals surface area (Å²) in [4.78, 5) is 56.6. The van der Waals surface area contributed by atoms with Gasteiger partial charge in [-0.1, -0.05) is 0 Å². The number of amides is 1. The van der Waals surface area contributed by atoms with Crippen LogP contribution in [0.3, 0.4) is 0 Å². The van der Waals surface area contributed by atoms with E-state index in [-0.39, 0.29) is 12.3 Å². The number of thioether (sulfide) groups is 1. The van der Waals surface area contributed by atoms with Crippen LogP contribution in [0.2, 0.25) is 0 Å². The Labute approximate surface area is 361 Å². The molecule has 0 saturated carbocycles. The molecule has 0 radical (unpaired) electrons. The van der Waals surface area contributed by atoms with Crippen molar-refractivity contribution in [2.24, 2.45) is 5.92 Å². The summed E-state index contributed by atoms with van der Waals surface area (Å²) in [5, 5.41) is 0.824. The van der Waals surface area contributed by atoms with Crippen molar-refractivity contribution in [3.8, 4) is 0 Å². The number of hydrogen-bond acceptors (Lipinski definition) is 8. The van der Waals surface area contributed by atoms with Crippen LogP contribution in [0.5, 0.6) is 0 Å². The molecule has 310 valence electrons. The molecule has 0 spiro atoms. The second-order valence-corrected chi connectivity index (χ2v) is 20.3. The van der Waals surface area contributed by atoms with E-state index in [0.29, 0.717) is 15.9 Å². The zero-order valence-corrected chi connectivity index (χ0v) is 36.0. The molecule has 6 aromatic carbocycles. The molecule has 1 amide bonds. The van der Waals surface area contributed by atoms with Crippen LogP contribution in [-0.4, -0.2) is 46.1 Å². The minimum atomic E-state index is -5.17. The number of hydrogen-bond donors (Lipinski definition) is 0. The molecule has 4 atom stereocenters. The minimum absolute atomic E-state index is 0.0410. The predicted molar refractivity (Wildman–Crippen MR) is 244 cm³/mol. The van der Waals surface area contributed by atoms with E-state index in [9.17, 15) is 9.59 Å². The number of ether oxygens (including phenoxy) is 2. The molecule has 1 fully saturated rings. The molecule has 0 bridgehead atoms. The molecule has 10 heteroatoms. The van der Waals surface area contributed by atoms with E-state index in [1.807, 2.05) is 146 Å². The number of carbonyl (C=O) groups is 4. The molecule has 0 aliphatic carbocycles. The fourth-order valence-electron chi connectivity index (χ4n) is 8.58. The van der Waals surface area contributed by atoms with Crippen molar-refractivity contribution in [2.75, 3.05) is 0 Å². The number of carbonyl (C=O) groups excluding carboxylic acids is 4. The van der Waals surface area contributed by atoms with E-state index < -0.39 is 53.1 Å². The second-order valence-electron chi connectivity index (χ2n) is 14.8. The first-order valence-electron chi connectivity index (χ1n) is 20.1. The maximum atomic E-state index is 16.0. The van der Waals surface area contributed by atoms with Crippen LogP contribution < -0.4 is 15.9 Å². The first-order chi connectivity index (χ1) is 29.6. The Bertz CT molecular complexity index is 2280. The Morgan fingerprint density at radius 1 is 0.639 bits per heavy atom. The SMILES string of the molecule is C=CCC(OC(C)=O)C(=O)OP(c1ccccc1)(c1ccccc1)(c1ccccc1)N1C(=O)C(C(C)OC(C)=O)C1SC(c1ccccc1)(c1ccccc1)c1ccccc1. The van der Waals surface area contributed by atoms with Gasteiger partial charge < -0.3 is 0 Å². The maximum absolute atomic E-state index is 16.0. The van der Waals surface area contributed by atoms with Gasteiger partial charge in [0.05, 0.1) is 0 Å². The molecule has 1 aliphatic rings. The van der Waals surface area contributed by atoms with Gasteiger partial charge >= 0.3 is 363 Å². The van der Waals surface area contributed by atoms with Crippen LogP contribution in [0, 0.1) is 5.92 Å². The summed E-state index contributed by atoms with van der Waals surface area (Å²) in [6, 6.07) is 58.4. The van der Waals surface area contributed by atoms with E-state index in [0.717, 1.165) is 16.7 Å². The van der Waals surface area contributed by atoms with Crippen molar-refractivity contribution >= 4 is 58.5 Å². The summed E-state index contributed by atoms with van der Waals surface area (Å²) in [7, 11) is 0. The normalized spacial score (nSPS) is 16.7. The van der Waals surface area contributed by atoms with Crippen molar-refractivity contribution in [1.82, 2.24) is 4.67 Å². The molecule has 61 heavy (non-hydrogen) atoms. The predicted octanol–water partition coefficient (Wildman–Crippen LogP) is 8.86. The molecular formula is C51H48NO7PS. The third-order valence-electron chi connectivity index (χ3n) is 11.1. The number of nitrogens with zero attached hydrogens (tertiary/aromatic N) is 1. The first-order valence-corrected chi connectivity index (χ1v) is 23.1. The topological polar surface area (TPSA) is 99.2 Å². The molecule has 1 aliphatic heterocycles. The van der Waals surface area contributed by atoms with Crippen molar-refractivity contribution in [2.45, 2.75) is 49.5 Å². The summed E-state index contributed by atoms with van der Waals surface area (Å²) in [5.74, 6) is -3.36. The Morgan fingerprint density at radius 3 is 1.34 bits per heavy atom. The van der Waals surface area contributed by atoms with Gasteiger partial charge in [-0.25, -0.2) is 0 Å². The zero-order valence-electron chi connectivity index (χ0n) is 34.3. The van der Waals surface area contributed by atoms with E-state index in [4.69, 9.17) is 14.0 Å². The van der Waals surface area contributed by atoms with E-state index >= 15 is 9.59 Å². The zero-order chi connectivity index (χ0) is 43.1. The second kappa shape index (κ2) is 18.1. The molecule has 8 nitrogen and oxygen atoms in total. The van der Waals surface area contributed by atoms with Crippen LogP contribution in [0.4, 0.5) is 0 Å². The molecule has 4 unspecified atom stereocenters. The first kappa shape index (κ1) is 42.8. The third-order valence-corrected chi connectivity index (χ3v) is 18.6. The average molecular weight is 850 g/mol. The van der Waals surface area contributed by atoms with Crippen LogP contribution >= 0.6 is 18.7 Å². The van der Waals surface area contributed by atoms with Gasteiger partial charge in [-0.2, -0.15) is 0 Å². The molecular weight excluding hydrogens is 802 g/mol. The van der Waals surface area contributed by atoms with Crippen molar-refractivity contribution in [3.63, 3.8) is 0 Å². The van der Waals surface area contributed by atoms with Gasteiger partial charge in [-0.3, -0.25) is 0 Å². The van der Waals surface area contributed by atoms with E-state index in [1.165, 1.54) is 31.7 Å². The van der Waals surface area contributed by atoms with Gasteiger partial charge in [0.2, 0.25) is 0 Å². The molecule has 0 N–H and O–H groups in total. The van der Waals surface area contributed by atoms with Crippen molar-refractivity contribution in [1.29, 1.82) is 0 Å². The molecule has 7 rings (SSSR count). The number of β-lactam (4-membered cyclic amide) rings is 1. The van der Waals surface area contributed by atoms with Gasteiger partial charge in [-0.05, 0) is 0 Å². The van der Waals surface area contributed by atoms with Crippen molar-refractivity contribution < 1.29 is 33.2 Å². The number of rotatable bonds is 16. The van der Waals surface area contributed by atoms with Gasteiger partial charge in [-0.15, -0.1) is 0 Å².